The third-order valence-corrected chi connectivity index (χ3v) is 1.37. The van der Waals surface area contributed by atoms with Crippen LogP contribution in [-0.2, 0) is 0 Å². The molecule has 7 nitrogen and oxygen atoms in total. The molecule has 0 aliphatic carbocycles. The van der Waals surface area contributed by atoms with Crippen LogP contribution in [0.4, 0.5) is 5.82 Å². The zero-order valence-electron chi connectivity index (χ0n) is 7.00. The molecule has 0 aliphatic heterocycles. The van der Waals surface area contributed by atoms with Gasteiger partial charge in [0.15, 0.2) is 0 Å². The largest absolute Gasteiger partial charge is 0.394 e. The van der Waals surface area contributed by atoms with Crippen molar-refractivity contribution in [2.24, 2.45) is 0 Å². The molecule has 1 heterocycles. The maximum atomic E-state index is 11.0. The monoisotopic (exact) mass is 186 g/mol. The van der Waals surface area contributed by atoms with Crippen LogP contribution in [0.3, 0.4) is 0 Å². The Labute approximate surface area is 72.8 Å². The minimum absolute atomic E-state index is 0.0128. The molecule has 0 radical (unpaired) electrons. The number of H-pyrrole nitrogens is 2. The average molecular weight is 186 g/mol. The number of anilines is 1. The van der Waals surface area contributed by atoms with Crippen molar-refractivity contribution >= 4 is 5.82 Å². The maximum absolute atomic E-state index is 11.0. The van der Waals surface area contributed by atoms with E-state index in [1.807, 2.05) is 4.98 Å². The van der Waals surface area contributed by atoms with Crippen molar-refractivity contribution in [2.75, 3.05) is 11.9 Å². The number of hydrogen-bond acceptors (Lipinski definition) is 5. The topological polar surface area (TPSA) is 111 Å². The van der Waals surface area contributed by atoms with Crippen molar-refractivity contribution in [3.05, 3.63) is 20.8 Å². The van der Waals surface area contributed by atoms with Gasteiger partial charge in [-0.1, -0.05) is 0 Å². The van der Waals surface area contributed by atoms with Crippen molar-refractivity contribution in [2.45, 2.75) is 13.0 Å². The Morgan fingerprint density at radius 2 is 2.31 bits per heavy atom. The maximum Gasteiger partial charge on any atom is 0.342 e. The van der Waals surface area contributed by atoms with Gasteiger partial charge in [-0.15, -0.1) is 5.10 Å². The second kappa shape index (κ2) is 3.85. The summed E-state index contributed by atoms with van der Waals surface area (Å²) in [6.07, 6.45) is 0. The van der Waals surface area contributed by atoms with Crippen LogP contribution < -0.4 is 16.6 Å². The molecule has 13 heavy (non-hydrogen) atoms. The van der Waals surface area contributed by atoms with Crippen molar-refractivity contribution < 1.29 is 5.11 Å². The molecule has 0 spiro atoms. The van der Waals surface area contributed by atoms with E-state index in [0.29, 0.717) is 0 Å². The lowest BCUT2D eigenvalue weighted by atomic mass is 10.4. The Morgan fingerprint density at radius 1 is 1.62 bits per heavy atom. The molecule has 0 aliphatic rings. The van der Waals surface area contributed by atoms with Gasteiger partial charge in [-0.2, -0.15) is 0 Å². The number of aliphatic hydroxyl groups excluding tert-OH is 1. The van der Waals surface area contributed by atoms with E-state index in [1.165, 1.54) is 0 Å². The third-order valence-electron chi connectivity index (χ3n) is 1.37. The quantitative estimate of drug-likeness (QED) is 0.447. The minimum atomic E-state index is -0.660. The van der Waals surface area contributed by atoms with Gasteiger partial charge >= 0.3 is 5.69 Å². The second-order valence-electron chi connectivity index (χ2n) is 2.58. The summed E-state index contributed by atoms with van der Waals surface area (Å²) in [4.78, 5) is 23.6. The van der Waals surface area contributed by atoms with Crippen molar-refractivity contribution in [1.29, 1.82) is 0 Å². The first-order valence-corrected chi connectivity index (χ1v) is 3.70. The van der Waals surface area contributed by atoms with E-state index in [4.69, 9.17) is 5.11 Å². The van der Waals surface area contributed by atoms with Gasteiger partial charge in [0.2, 0.25) is 5.82 Å². The molecule has 1 atom stereocenters. The summed E-state index contributed by atoms with van der Waals surface area (Å²) in [6.45, 7) is 1.55. The lowest BCUT2D eigenvalue weighted by Crippen LogP contribution is -2.30. The van der Waals surface area contributed by atoms with Gasteiger partial charge in [-0.05, 0) is 6.92 Å². The number of aromatic amines is 2. The summed E-state index contributed by atoms with van der Waals surface area (Å²) in [7, 11) is 0. The van der Waals surface area contributed by atoms with E-state index in [9.17, 15) is 9.59 Å². The number of nitrogens with one attached hydrogen (secondary N) is 3. The molecule has 7 heteroatoms. The van der Waals surface area contributed by atoms with E-state index >= 15 is 0 Å². The van der Waals surface area contributed by atoms with Crippen LogP contribution in [0.15, 0.2) is 9.59 Å². The highest BCUT2D eigenvalue weighted by Crippen LogP contribution is 1.91. The number of hydrogen-bond donors (Lipinski definition) is 4. The van der Waals surface area contributed by atoms with Crippen LogP contribution >= 0.6 is 0 Å². The molecule has 72 valence electrons. The van der Waals surface area contributed by atoms with Crippen molar-refractivity contribution in [3.8, 4) is 0 Å². The van der Waals surface area contributed by atoms with Gasteiger partial charge < -0.3 is 10.4 Å². The highest BCUT2D eigenvalue weighted by atomic mass is 16.3. The highest BCUT2D eigenvalue weighted by molar-refractivity contribution is 5.29. The number of nitrogens with zero attached hydrogens (tertiary/aromatic N) is 1. The van der Waals surface area contributed by atoms with Gasteiger partial charge in [0.1, 0.15) is 0 Å². The molecule has 0 saturated heterocycles. The van der Waals surface area contributed by atoms with Crippen LogP contribution in [0.5, 0.6) is 0 Å². The molecule has 0 aromatic carbocycles. The fourth-order valence-corrected chi connectivity index (χ4v) is 0.725. The first kappa shape index (κ1) is 9.46. The molecule has 0 fully saturated rings. The van der Waals surface area contributed by atoms with Gasteiger partial charge in [0, 0.05) is 6.04 Å². The van der Waals surface area contributed by atoms with Gasteiger partial charge in [-0.3, -0.25) is 9.78 Å². The van der Waals surface area contributed by atoms with Crippen LogP contribution in [-0.4, -0.2) is 32.9 Å². The first-order valence-electron chi connectivity index (χ1n) is 3.70. The molecule has 1 unspecified atom stereocenters. The Kier molecular flexibility index (Phi) is 2.80. The van der Waals surface area contributed by atoms with Gasteiger partial charge in [0.05, 0.1) is 6.61 Å². The second-order valence-corrected chi connectivity index (χ2v) is 2.58. The minimum Gasteiger partial charge on any atom is -0.394 e. The third kappa shape index (κ3) is 2.41. The van der Waals surface area contributed by atoms with Crippen molar-refractivity contribution in [3.63, 3.8) is 0 Å². The summed E-state index contributed by atoms with van der Waals surface area (Å²) in [6, 6.07) is -0.292. The highest BCUT2D eigenvalue weighted by Gasteiger charge is 2.04. The van der Waals surface area contributed by atoms with Crippen LogP contribution in [0.2, 0.25) is 0 Å². The number of aromatic nitrogens is 3. The predicted molar refractivity (Wildman–Crippen MR) is 45.6 cm³/mol. The van der Waals surface area contributed by atoms with Crippen LogP contribution in [0.25, 0.3) is 0 Å². The number of aliphatic hydroxyl groups is 1. The zero-order chi connectivity index (χ0) is 9.84. The summed E-state index contributed by atoms with van der Waals surface area (Å²) in [5.41, 5.74) is -1.27. The Bertz CT molecular complexity index is 382. The SMILES string of the molecule is CC(CO)Nc1n[nH]c(=O)[nH]c1=O. The fraction of sp³-hybridized carbons (Fsp3) is 0.500. The van der Waals surface area contributed by atoms with Gasteiger partial charge in [-0.25, -0.2) is 9.89 Å². The molecule has 1 rings (SSSR count). The summed E-state index contributed by atoms with van der Waals surface area (Å²) >= 11 is 0. The Balaban J connectivity index is 2.90. The first-order chi connectivity index (χ1) is 6.13. The fourth-order valence-electron chi connectivity index (χ4n) is 0.725. The average Bonchev–Trinajstić information content (AvgIpc) is 2.09. The van der Waals surface area contributed by atoms with Gasteiger partial charge in [0.25, 0.3) is 5.56 Å². The Morgan fingerprint density at radius 3 is 2.85 bits per heavy atom. The molecular weight excluding hydrogens is 176 g/mol. The van der Waals surface area contributed by atoms with E-state index < -0.39 is 11.2 Å². The zero-order valence-corrected chi connectivity index (χ0v) is 7.00. The normalized spacial score (nSPS) is 12.5. The molecule has 0 bridgehead atoms. The molecule has 4 N–H and O–H groups in total. The lowest BCUT2D eigenvalue weighted by molar-refractivity contribution is 0.281. The Hall–Kier alpha value is -1.63. The number of rotatable bonds is 3. The van der Waals surface area contributed by atoms with E-state index in [2.05, 4.69) is 15.5 Å². The van der Waals surface area contributed by atoms with E-state index in [0.717, 1.165) is 0 Å². The van der Waals surface area contributed by atoms with E-state index in [1.54, 1.807) is 6.92 Å². The summed E-state index contributed by atoms with van der Waals surface area (Å²) in [5, 5.41) is 16.8. The molecule has 0 amide bonds. The van der Waals surface area contributed by atoms with Crippen molar-refractivity contribution in [1.82, 2.24) is 15.2 Å². The smallest absolute Gasteiger partial charge is 0.342 e. The lowest BCUT2D eigenvalue weighted by Gasteiger charge is -2.08. The van der Waals surface area contributed by atoms with Crippen LogP contribution in [0, 0.1) is 0 Å². The van der Waals surface area contributed by atoms with Crippen LogP contribution in [0.1, 0.15) is 6.92 Å². The standard InChI is InChI=1S/C6H10N4O3/c1-3(2-11)7-4-5(12)8-6(13)10-9-4/h3,11H,2H2,1H3,(H,7,9)(H2,8,10,12,13). The summed E-state index contributed by atoms with van der Waals surface area (Å²) in [5.74, 6) is -0.0128. The molecular formula is C6H10N4O3. The predicted octanol–water partition coefficient (Wildman–Crippen LogP) is -1.75. The molecule has 1 aromatic heterocycles. The van der Waals surface area contributed by atoms with E-state index in [-0.39, 0.29) is 18.5 Å². The summed E-state index contributed by atoms with van der Waals surface area (Å²) < 4.78 is 0. The molecule has 1 aromatic rings. The molecule has 0 saturated carbocycles.